The molecule has 4 amide bonds. The van der Waals surface area contributed by atoms with Crippen LogP contribution in [0.5, 0.6) is 0 Å². The fourth-order valence-corrected chi connectivity index (χ4v) is 6.47. The molecule has 0 saturated carbocycles. The number of thiol groups is 1. The van der Waals surface area contributed by atoms with Gasteiger partial charge >= 0.3 is 6.03 Å². The van der Waals surface area contributed by atoms with E-state index >= 15 is 0 Å². The maximum absolute atomic E-state index is 13.4. The summed E-state index contributed by atoms with van der Waals surface area (Å²) in [5, 5.41) is 6.62. The van der Waals surface area contributed by atoms with Crippen molar-refractivity contribution in [2.24, 2.45) is 0 Å². The molecule has 6 rings (SSSR count). The van der Waals surface area contributed by atoms with Crippen molar-refractivity contribution in [2.45, 2.75) is 6.04 Å². The van der Waals surface area contributed by atoms with Gasteiger partial charge in [-0.2, -0.15) is 0 Å². The summed E-state index contributed by atoms with van der Waals surface area (Å²) in [6.07, 6.45) is 0. The molecular weight excluding hydrogens is 632 g/mol. The average molecular weight is 669 g/mol. The molecule has 2 aliphatic heterocycles. The molecule has 0 bridgehead atoms. The Morgan fingerprint density at radius 1 is 0.745 bits per heavy atom. The summed E-state index contributed by atoms with van der Waals surface area (Å²) < 4.78 is 0.736. The Kier molecular flexibility index (Phi) is 10.4. The molecule has 0 aliphatic carbocycles. The van der Waals surface area contributed by atoms with Crippen LogP contribution < -0.4 is 15.5 Å². The van der Waals surface area contributed by atoms with Crippen molar-refractivity contribution in [1.82, 2.24) is 19.4 Å². The Balaban J connectivity index is 1.24. The van der Waals surface area contributed by atoms with E-state index in [0.29, 0.717) is 42.5 Å². The van der Waals surface area contributed by atoms with Crippen LogP contribution in [0.2, 0.25) is 5.02 Å². The summed E-state index contributed by atoms with van der Waals surface area (Å²) in [5.41, 5.74) is 4.41. The summed E-state index contributed by atoms with van der Waals surface area (Å²) in [6, 6.07) is 32.0. The fraction of sp³-hybridized carbons (Fsp3) is 0.250. The smallest absolute Gasteiger partial charge is 0.339 e. The largest absolute Gasteiger partial charge is 0.367 e. The number of nitrogens with one attached hydrogen (secondary N) is 2. The monoisotopic (exact) mass is 668 g/mol. The molecule has 0 unspecified atom stereocenters. The summed E-state index contributed by atoms with van der Waals surface area (Å²) in [5.74, 6) is -0.703. The van der Waals surface area contributed by atoms with Gasteiger partial charge in [0.2, 0.25) is 0 Å². The second-order valence-electron chi connectivity index (χ2n) is 11.6. The molecule has 0 spiro atoms. The van der Waals surface area contributed by atoms with Crippen molar-refractivity contribution in [3.8, 4) is 0 Å². The maximum atomic E-state index is 13.4. The first-order valence-electron chi connectivity index (χ1n) is 15.7. The third-order valence-electron chi connectivity index (χ3n) is 8.62. The number of anilines is 2. The number of hydrogen-bond acceptors (Lipinski definition) is 7. The van der Waals surface area contributed by atoms with Gasteiger partial charge in [0.1, 0.15) is 0 Å². The molecule has 2 N–H and O–H groups in total. The van der Waals surface area contributed by atoms with Crippen LogP contribution in [0.4, 0.5) is 16.2 Å². The van der Waals surface area contributed by atoms with Crippen LogP contribution >= 0.6 is 24.4 Å². The average Bonchev–Trinajstić information content (AvgIpc) is 3.13. The van der Waals surface area contributed by atoms with Crippen LogP contribution in [-0.2, 0) is 0 Å². The molecule has 11 heteroatoms. The van der Waals surface area contributed by atoms with Gasteiger partial charge in [0.25, 0.3) is 11.8 Å². The number of piperazine rings is 2. The zero-order valence-electron chi connectivity index (χ0n) is 25.9. The van der Waals surface area contributed by atoms with E-state index in [0.717, 1.165) is 36.2 Å². The lowest BCUT2D eigenvalue weighted by atomic mass is 9.96. The van der Waals surface area contributed by atoms with Crippen LogP contribution in [0.1, 0.15) is 37.9 Å². The van der Waals surface area contributed by atoms with Crippen molar-refractivity contribution >= 4 is 53.6 Å². The maximum Gasteiger partial charge on any atom is 0.339 e. The first kappa shape index (κ1) is 32.6. The fourth-order valence-electron chi connectivity index (χ4n) is 6.18. The summed E-state index contributed by atoms with van der Waals surface area (Å²) >= 11 is 10.2. The Morgan fingerprint density at radius 2 is 1.32 bits per heavy atom. The zero-order chi connectivity index (χ0) is 32.8. The molecule has 0 aromatic heterocycles. The van der Waals surface area contributed by atoms with Crippen LogP contribution in [0.15, 0.2) is 103 Å². The normalized spacial score (nSPS) is 15.4. The molecule has 2 fully saturated rings. The highest BCUT2D eigenvalue weighted by molar-refractivity contribution is 7.79. The molecule has 2 saturated heterocycles. The van der Waals surface area contributed by atoms with Gasteiger partial charge in [-0.25, -0.2) is 9.10 Å². The zero-order valence-corrected chi connectivity index (χ0v) is 27.5. The van der Waals surface area contributed by atoms with Gasteiger partial charge in [-0.05, 0) is 53.6 Å². The van der Waals surface area contributed by atoms with E-state index in [1.54, 1.807) is 23.1 Å². The molecular formula is C36H37ClN6O3S. The summed E-state index contributed by atoms with van der Waals surface area (Å²) in [6.45, 7) is 5.60. The van der Waals surface area contributed by atoms with Crippen LogP contribution in [0.3, 0.4) is 0 Å². The molecule has 2 heterocycles. The second kappa shape index (κ2) is 15.0. The van der Waals surface area contributed by atoms with E-state index < -0.39 is 11.9 Å². The third kappa shape index (κ3) is 7.63. The molecule has 4 aromatic carbocycles. The van der Waals surface area contributed by atoms with Gasteiger partial charge in [-0.1, -0.05) is 85.1 Å². The number of hydrogen-bond donors (Lipinski definition) is 3. The number of imide groups is 1. The first-order valence-corrected chi connectivity index (χ1v) is 16.5. The highest BCUT2D eigenvalue weighted by Gasteiger charge is 2.29. The lowest BCUT2D eigenvalue weighted by Crippen LogP contribution is -2.48. The standard InChI is InChI=1S/C36H37ClN6O3S/c37-30-14-11-28(12-15-30)35(45)43(47)36(46)39-31-25-29(34(44)42-19-17-38-18-20-42)13-16-32(31)40-21-23-41(24-22-40)33(26-7-3-1-4-8-26)27-9-5-2-6-10-27/h1-16,25,33,38,47H,17-24H2,(H,39,46). The van der Waals surface area contributed by atoms with Gasteiger partial charge in [0, 0.05) is 68.5 Å². The number of amides is 4. The van der Waals surface area contributed by atoms with Crippen LogP contribution in [-0.4, -0.2) is 84.3 Å². The Bertz CT molecular complexity index is 1660. The van der Waals surface area contributed by atoms with Crippen molar-refractivity contribution in [1.29, 1.82) is 0 Å². The molecule has 2 aliphatic rings. The SMILES string of the molecule is O=C(c1ccc(N2CCN(C(c3ccccc3)c3ccccc3)CC2)c(NC(=O)N(S)C(=O)c2ccc(Cl)cc2)c1)N1CCNCC1. The summed E-state index contributed by atoms with van der Waals surface area (Å²) in [7, 11) is 0. The molecule has 4 aromatic rings. The van der Waals surface area contributed by atoms with E-state index in [2.05, 4.69) is 81.8 Å². The molecule has 0 atom stereocenters. The molecule has 9 nitrogen and oxygen atoms in total. The Labute approximate surface area is 285 Å². The predicted molar refractivity (Wildman–Crippen MR) is 189 cm³/mol. The highest BCUT2D eigenvalue weighted by atomic mass is 35.5. The number of nitrogens with zero attached hydrogens (tertiary/aromatic N) is 4. The number of halogens is 1. The number of carbonyl (C=O) groups excluding carboxylic acids is 3. The van der Waals surface area contributed by atoms with E-state index in [1.807, 2.05) is 24.3 Å². The van der Waals surface area contributed by atoms with Crippen molar-refractivity contribution in [3.05, 3.63) is 130 Å². The molecule has 242 valence electrons. The predicted octanol–water partition coefficient (Wildman–Crippen LogP) is 5.82. The van der Waals surface area contributed by atoms with Crippen molar-refractivity contribution in [2.75, 3.05) is 62.6 Å². The topological polar surface area (TPSA) is 88.2 Å². The van der Waals surface area contributed by atoms with E-state index in [4.69, 9.17) is 11.6 Å². The first-order chi connectivity index (χ1) is 22.9. The summed E-state index contributed by atoms with van der Waals surface area (Å²) in [4.78, 5) is 46.4. The number of carbonyl (C=O) groups is 3. The van der Waals surface area contributed by atoms with Gasteiger partial charge in [-0.15, -0.1) is 0 Å². The van der Waals surface area contributed by atoms with E-state index in [-0.39, 0.29) is 17.5 Å². The third-order valence-corrected chi connectivity index (χ3v) is 9.23. The van der Waals surface area contributed by atoms with Crippen molar-refractivity contribution < 1.29 is 14.4 Å². The lowest BCUT2D eigenvalue weighted by Gasteiger charge is -2.41. The highest BCUT2D eigenvalue weighted by Crippen LogP contribution is 2.33. The minimum atomic E-state index is -0.729. The van der Waals surface area contributed by atoms with Gasteiger partial charge in [0.15, 0.2) is 0 Å². The number of rotatable bonds is 7. The Morgan fingerprint density at radius 3 is 1.91 bits per heavy atom. The van der Waals surface area contributed by atoms with Gasteiger partial charge in [0.05, 0.1) is 17.4 Å². The van der Waals surface area contributed by atoms with Gasteiger partial charge < -0.3 is 20.4 Å². The lowest BCUT2D eigenvalue weighted by molar-refractivity contribution is 0.0735. The second-order valence-corrected chi connectivity index (χ2v) is 12.4. The molecule has 0 radical (unpaired) electrons. The van der Waals surface area contributed by atoms with E-state index in [1.165, 1.54) is 23.3 Å². The van der Waals surface area contributed by atoms with E-state index in [9.17, 15) is 14.4 Å². The van der Waals surface area contributed by atoms with Crippen LogP contribution in [0.25, 0.3) is 0 Å². The minimum Gasteiger partial charge on any atom is -0.367 e. The minimum absolute atomic E-state index is 0.105. The number of urea groups is 1. The van der Waals surface area contributed by atoms with Crippen LogP contribution in [0, 0.1) is 0 Å². The quantitative estimate of drug-likeness (QED) is 0.215. The number of benzene rings is 4. The van der Waals surface area contributed by atoms with Crippen molar-refractivity contribution in [3.63, 3.8) is 0 Å². The Hall–Kier alpha value is -4.35. The molecule has 47 heavy (non-hydrogen) atoms. The van der Waals surface area contributed by atoms with Gasteiger partial charge in [-0.3, -0.25) is 14.5 Å².